The molecule has 2 N–H and O–H groups in total. The molecule has 29 heavy (non-hydrogen) atoms. The molecule has 1 amide bonds. The summed E-state index contributed by atoms with van der Waals surface area (Å²) in [5, 5.41) is 10.3. The molecule has 2 aromatic heterocycles. The number of nitrogen functional groups attached to an aromatic ring is 1. The van der Waals surface area contributed by atoms with E-state index in [1.165, 1.54) is 13.3 Å². The fraction of sp³-hybridized carbons (Fsp3) is 0.273. The van der Waals surface area contributed by atoms with Crippen LogP contribution in [0.4, 0.5) is 5.69 Å². The number of hydrogen-bond acceptors (Lipinski definition) is 6. The number of ether oxygens (including phenoxy) is 1. The average molecular weight is 385 g/mol. The molecule has 5 rings (SSSR count). The summed E-state index contributed by atoms with van der Waals surface area (Å²) in [5.74, 6) is 0.391. The summed E-state index contributed by atoms with van der Waals surface area (Å²) in [5.41, 5.74) is 10.7. The van der Waals surface area contributed by atoms with E-state index in [0.717, 1.165) is 24.8 Å². The Balaban J connectivity index is 1.73. The van der Waals surface area contributed by atoms with E-state index < -0.39 is 0 Å². The predicted molar refractivity (Wildman–Crippen MR) is 108 cm³/mol. The molecule has 3 heterocycles. The van der Waals surface area contributed by atoms with E-state index in [1.807, 2.05) is 23.1 Å². The maximum Gasteiger partial charge on any atom is 0.258 e. The molecule has 0 unspecified atom stereocenters. The minimum absolute atomic E-state index is 0.0229. The van der Waals surface area contributed by atoms with Crippen LogP contribution >= 0.6 is 0 Å². The van der Waals surface area contributed by atoms with E-state index in [9.17, 15) is 10.1 Å². The van der Waals surface area contributed by atoms with Gasteiger partial charge in [0.2, 0.25) is 5.88 Å². The van der Waals surface area contributed by atoms with Crippen molar-refractivity contribution in [2.24, 2.45) is 0 Å². The quantitative estimate of drug-likeness (QED) is 0.742. The van der Waals surface area contributed by atoms with Crippen molar-refractivity contribution in [2.45, 2.75) is 31.8 Å². The molecule has 0 saturated heterocycles. The first kappa shape index (κ1) is 17.4. The molecule has 0 radical (unpaired) electrons. The summed E-state index contributed by atoms with van der Waals surface area (Å²) < 4.78 is 5.24. The molecule has 144 valence electrons. The highest BCUT2D eigenvalue weighted by Gasteiger charge is 2.38. The molecule has 3 aromatic rings. The van der Waals surface area contributed by atoms with Gasteiger partial charge in [0.1, 0.15) is 6.07 Å². The van der Waals surface area contributed by atoms with E-state index in [0.29, 0.717) is 51.4 Å². The van der Waals surface area contributed by atoms with Crippen LogP contribution in [0.2, 0.25) is 0 Å². The van der Waals surface area contributed by atoms with Crippen LogP contribution < -0.4 is 10.5 Å². The van der Waals surface area contributed by atoms with Crippen LogP contribution in [0.3, 0.4) is 0 Å². The molecule has 7 heteroatoms. The van der Waals surface area contributed by atoms with Crippen molar-refractivity contribution in [1.82, 2.24) is 14.9 Å². The Hall–Kier alpha value is -3.66. The molecular weight excluding hydrogens is 366 g/mol. The van der Waals surface area contributed by atoms with Crippen molar-refractivity contribution < 1.29 is 9.53 Å². The van der Waals surface area contributed by atoms with E-state index in [2.05, 4.69) is 11.1 Å². The minimum Gasteiger partial charge on any atom is -0.481 e. The summed E-state index contributed by atoms with van der Waals surface area (Å²) in [6.07, 6.45) is 4.71. The van der Waals surface area contributed by atoms with Gasteiger partial charge in [-0.1, -0.05) is 18.2 Å². The molecule has 0 spiro atoms. The lowest BCUT2D eigenvalue weighted by Gasteiger charge is -2.34. The highest BCUT2D eigenvalue weighted by molar-refractivity contribution is 6.11. The number of fused-ring (bicyclic) bond motifs is 2. The number of nitrogens with two attached hydrogens (primary N) is 1. The van der Waals surface area contributed by atoms with Gasteiger partial charge in [0.15, 0.2) is 0 Å². The van der Waals surface area contributed by atoms with Gasteiger partial charge in [0, 0.05) is 34.8 Å². The second-order valence-corrected chi connectivity index (χ2v) is 7.45. The zero-order chi connectivity index (χ0) is 20.1. The molecular formula is C22H19N5O2. The fourth-order valence-corrected chi connectivity index (χ4v) is 4.16. The van der Waals surface area contributed by atoms with Gasteiger partial charge in [0.05, 0.1) is 41.7 Å². The summed E-state index contributed by atoms with van der Waals surface area (Å²) in [7, 11) is 1.53. The SMILES string of the molecule is COc1cc(-c2cccc3c(N)c4c(nc23)CN(C2CCC2)C4=O)c(C#N)cn1. The number of nitrogens with zero attached hydrogens (tertiary/aromatic N) is 4. The molecule has 1 fully saturated rings. The number of para-hydroxylation sites is 1. The molecule has 1 saturated carbocycles. The maximum absolute atomic E-state index is 13.0. The first-order valence-corrected chi connectivity index (χ1v) is 9.59. The second-order valence-electron chi connectivity index (χ2n) is 7.45. The second kappa shape index (κ2) is 6.45. The van der Waals surface area contributed by atoms with Crippen molar-refractivity contribution in [3.8, 4) is 23.1 Å². The number of benzene rings is 1. The fourth-order valence-electron chi connectivity index (χ4n) is 4.16. The van der Waals surface area contributed by atoms with Crippen LogP contribution in [-0.2, 0) is 6.54 Å². The Bertz CT molecular complexity index is 1210. The number of carbonyl (C=O) groups is 1. The average Bonchev–Trinajstić information content (AvgIpc) is 3.02. The van der Waals surface area contributed by atoms with Gasteiger partial charge in [-0.2, -0.15) is 5.26 Å². The lowest BCUT2D eigenvalue weighted by Crippen LogP contribution is -2.40. The number of hydrogen-bond donors (Lipinski definition) is 1. The number of nitriles is 1. The lowest BCUT2D eigenvalue weighted by atomic mass is 9.92. The van der Waals surface area contributed by atoms with Gasteiger partial charge < -0.3 is 15.4 Å². The molecule has 0 bridgehead atoms. The number of aromatic nitrogens is 2. The van der Waals surface area contributed by atoms with E-state index >= 15 is 0 Å². The molecule has 0 atom stereocenters. The highest BCUT2D eigenvalue weighted by atomic mass is 16.5. The topological polar surface area (TPSA) is 105 Å². The lowest BCUT2D eigenvalue weighted by molar-refractivity contribution is 0.0606. The van der Waals surface area contributed by atoms with Crippen LogP contribution in [-0.4, -0.2) is 33.9 Å². The normalized spacial score (nSPS) is 15.9. The van der Waals surface area contributed by atoms with Crippen LogP contribution in [0, 0.1) is 11.3 Å². The summed E-state index contributed by atoms with van der Waals surface area (Å²) >= 11 is 0. The molecule has 7 nitrogen and oxygen atoms in total. The van der Waals surface area contributed by atoms with Gasteiger partial charge in [-0.05, 0) is 19.3 Å². The molecule has 1 aromatic carbocycles. The minimum atomic E-state index is -0.0229. The first-order valence-electron chi connectivity index (χ1n) is 9.59. The zero-order valence-corrected chi connectivity index (χ0v) is 16.0. The van der Waals surface area contributed by atoms with Gasteiger partial charge in [-0.15, -0.1) is 0 Å². The number of anilines is 1. The van der Waals surface area contributed by atoms with Crippen molar-refractivity contribution in [3.63, 3.8) is 0 Å². The Morgan fingerprint density at radius 2 is 2.14 bits per heavy atom. The highest BCUT2D eigenvalue weighted by Crippen LogP contribution is 2.40. The van der Waals surface area contributed by atoms with Crippen LogP contribution in [0.1, 0.15) is 40.9 Å². The van der Waals surface area contributed by atoms with Gasteiger partial charge in [-0.25, -0.2) is 9.97 Å². The van der Waals surface area contributed by atoms with Crippen molar-refractivity contribution in [1.29, 1.82) is 5.26 Å². The number of methoxy groups -OCH3 is 1. The smallest absolute Gasteiger partial charge is 0.258 e. The van der Waals surface area contributed by atoms with E-state index in [4.69, 9.17) is 15.5 Å². The standard InChI is InChI=1S/C22H19N5O2/c1-29-18-8-16(12(9-23)10-25-18)14-6-3-7-15-20(24)19-17(26-21(14)15)11-27(22(19)28)13-4-2-5-13/h3,6-8,10,13H,2,4-5,11H2,1H3,(H2,24,26). The zero-order valence-electron chi connectivity index (χ0n) is 16.0. The van der Waals surface area contributed by atoms with Gasteiger partial charge >= 0.3 is 0 Å². The Kier molecular flexibility index (Phi) is 3.88. The van der Waals surface area contributed by atoms with Crippen molar-refractivity contribution in [2.75, 3.05) is 12.8 Å². The number of carbonyl (C=O) groups excluding carboxylic acids is 1. The predicted octanol–water partition coefficient (Wildman–Crippen LogP) is 3.27. The third kappa shape index (κ3) is 2.53. The maximum atomic E-state index is 13.0. The van der Waals surface area contributed by atoms with E-state index in [-0.39, 0.29) is 11.9 Å². The van der Waals surface area contributed by atoms with Crippen LogP contribution in [0.5, 0.6) is 5.88 Å². The number of amides is 1. The van der Waals surface area contributed by atoms with Gasteiger partial charge in [-0.3, -0.25) is 4.79 Å². The van der Waals surface area contributed by atoms with Crippen LogP contribution in [0.15, 0.2) is 30.5 Å². The Morgan fingerprint density at radius 1 is 1.31 bits per heavy atom. The van der Waals surface area contributed by atoms with Crippen molar-refractivity contribution in [3.05, 3.63) is 47.3 Å². The summed E-state index contributed by atoms with van der Waals surface area (Å²) in [6.45, 7) is 0.484. The third-order valence-corrected chi connectivity index (χ3v) is 5.94. The Morgan fingerprint density at radius 3 is 2.83 bits per heavy atom. The summed E-state index contributed by atoms with van der Waals surface area (Å²) in [6, 6.07) is 9.82. The third-order valence-electron chi connectivity index (χ3n) is 5.94. The van der Waals surface area contributed by atoms with Crippen molar-refractivity contribution >= 4 is 22.5 Å². The molecule has 2 aliphatic rings. The number of rotatable bonds is 3. The molecule has 1 aliphatic carbocycles. The summed E-state index contributed by atoms with van der Waals surface area (Å²) in [4.78, 5) is 23.8. The largest absolute Gasteiger partial charge is 0.481 e. The number of pyridine rings is 2. The first-order chi connectivity index (χ1) is 14.1. The van der Waals surface area contributed by atoms with Crippen LogP contribution in [0.25, 0.3) is 22.0 Å². The van der Waals surface area contributed by atoms with Gasteiger partial charge in [0.25, 0.3) is 5.91 Å². The Labute approximate surface area is 167 Å². The van der Waals surface area contributed by atoms with E-state index in [1.54, 1.807) is 6.07 Å². The monoisotopic (exact) mass is 385 g/mol. The molecule has 1 aliphatic heterocycles.